The summed E-state index contributed by atoms with van der Waals surface area (Å²) in [5.74, 6) is 0.792. The van der Waals surface area contributed by atoms with E-state index in [1.165, 1.54) is 0 Å². The standard InChI is InChI=1S/C14H20ClNO2/c1-10-9-11(5-6-12(10)15)18-8-7-16-13(17)14(2,3)4/h5-6,9H,7-8H2,1-4H3,(H,16,17). The highest BCUT2D eigenvalue weighted by atomic mass is 35.5. The van der Waals surface area contributed by atoms with Gasteiger partial charge in [-0.3, -0.25) is 4.79 Å². The lowest BCUT2D eigenvalue weighted by molar-refractivity contribution is -0.128. The second-order valence-electron chi connectivity index (χ2n) is 5.27. The molecular weight excluding hydrogens is 250 g/mol. The average molecular weight is 270 g/mol. The lowest BCUT2D eigenvalue weighted by Crippen LogP contribution is -2.37. The molecule has 3 nitrogen and oxygen atoms in total. The minimum absolute atomic E-state index is 0.0263. The van der Waals surface area contributed by atoms with Gasteiger partial charge in [0.25, 0.3) is 0 Å². The Labute approximate surface area is 113 Å². The summed E-state index contributed by atoms with van der Waals surface area (Å²) >= 11 is 5.92. The highest BCUT2D eigenvalue weighted by Gasteiger charge is 2.20. The fourth-order valence-corrected chi connectivity index (χ4v) is 1.42. The van der Waals surface area contributed by atoms with Crippen molar-refractivity contribution in [3.05, 3.63) is 28.8 Å². The quantitative estimate of drug-likeness (QED) is 0.853. The van der Waals surface area contributed by atoms with Crippen molar-refractivity contribution in [2.75, 3.05) is 13.2 Å². The molecule has 0 aliphatic rings. The molecule has 1 amide bonds. The molecule has 100 valence electrons. The second-order valence-corrected chi connectivity index (χ2v) is 5.67. The minimum Gasteiger partial charge on any atom is -0.492 e. The normalized spacial score (nSPS) is 11.2. The Morgan fingerprint density at radius 1 is 1.39 bits per heavy atom. The van der Waals surface area contributed by atoms with Crippen molar-refractivity contribution in [1.29, 1.82) is 0 Å². The Kier molecular flexibility index (Phi) is 5.03. The number of halogens is 1. The first-order valence-corrected chi connectivity index (χ1v) is 6.36. The van der Waals surface area contributed by atoms with Crippen LogP contribution >= 0.6 is 11.6 Å². The molecule has 0 spiro atoms. The van der Waals surface area contributed by atoms with Crippen LogP contribution in [0.5, 0.6) is 5.75 Å². The van der Waals surface area contributed by atoms with Gasteiger partial charge < -0.3 is 10.1 Å². The van der Waals surface area contributed by atoms with Gasteiger partial charge in [-0.25, -0.2) is 0 Å². The van der Waals surface area contributed by atoms with Crippen molar-refractivity contribution in [3.8, 4) is 5.75 Å². The molecule has 0 atom stereocenters. The molecule has 1 aromatic carbocycles. The molecule has 4 heteroatoms. The van der Waals surface area contributed by atoms with Gasteiger partial charge in [0.1, 0.15) is 12.4 Å². The molecule has 18 heavy (non-hydrogen) atoms. The number of amides is 1. The first-order chi connectivity index (χ1) is 8.30. The van der Waals surface area contributed by atoms with Crippen LogP contribution in [0.1, 0.15) is 26.3 Å². The van der Waals surface area contributed by atoms with Crippen LogP contribution in [0.3, 0.4) is 0 Å². The SMILES string of the molecule is Cc1cc(OCCNC(=O)C(C)(C)C)ccc1Cl. The summed E-state index contributed by atoms with van der Waals surface area (Å²) in [7, 11) is 0. The highest BCUT2D eigenvalue weighted by molar-refractivity contribution is 6.31. The van der Waals surface area contributed by atoms with Gasteiger partial charge in [-0.2, -0.15) is 0 Å². The summed E-state index contributed by atoms with van der Waals surface area (Å²) in [5.41, 5.74) is 0.615. The number of benzene rings is 1. The summed E-state index contributed by atoms with van der Waals surface area (Å²) in [6, 6.07) is 5.51. The van der Waals surface area contributed by atoms with Gasteiger partial charge >= 0.3 is 0 Å². The van der Waals surface area contributed by atoms with Crippen LogP contribution in [0.15, 0.2) is 18.2 Å². The van der Waals surface area contributed by atoms with E-state index >= 15 is 0 Å². The predicted molar refractivity (Wildman–Crippen MR) is 74.1 cm³/mol. The van der Waals surface area contributed by atoms with Gasteiger partial charge in [-0.15, -0.1) is 0 Å². The minimum atomic E-state index is -0.364. The number of ether oxygens (including phenoxy) is 1. The Balaban J connectivity index is 2.34. The molecule has 0 fully saturated rings. The monoisotopic (exact) mass is 269 g/mol. The highest BCUT2D eigenvalue weighted by Crippen LogP contribution is 2.20. The van der Waals surface area contributed by atoms with E-state index < -0.39 is 0 Å². The van der Waals surface area contributed by atoms with Crippen LogP contribution in [-0.4, -0.2) is 19.1 Å². The van der Waals surface area contributed by atoms with Crippen molar-refractivity contribution in [2.24, 2.45) is 5.41 Å². The molecule has 1 aromatic rings. The molecule has 0 aliphatic carbocycles. The Bertz CT molecular complexity index is 424. The third-order valence-corrected chi connectivity index (χ3v) is 2.89. The van der Waals surface area contributed by atoms with Crippen LogP contribution < -0.4 is 10.1 Å². The topological polar surface area (TPSA) is 38.3 Å². The number of rotatable bonds is 4. The smallest absolute Gasteiger partial charge is 0.225 e. The summed E-state index contributed by atoms with van der Waals surface area (Å²) in [4.78, 5) is 11.6. The fraction of sp³-hybridized carbons (Fsp3) is 0.500. The molecule has 1 N–H and O–H groups in total. The molecule has 1 rings (SSSR count). The number of aryl methyl sites for hydroxylation is 1. The zero-order chi connectivity index (χ0) is 13.8. The van der Waals surface area contributed by atoms with Crippen LogP contribution in [-0.2, 0) is 4.79 Å². The van der Waals surface area contributed by atoms with E-state index in [2.05, 4.69) is 5.32 Å². The Morgan fingerprint density at radius 3 is 2.61 bits per heavy atom. The summed E-state index contributed by atoms with van der Waals surface area (Å²) in [5, 5.41) is 3.55. The van der Waals surface area contributed by atoms with Crippen molar-refractivity contribution in [3.63, 3.8) is 0 Å². The lowest BCUT2D eigenvalue weighted by atomic mass is 9.96. The van der Waals surface area contributed by atoms with Crippen LogP contribution in [0, 0.1) is 12.3 Å². The Morgan fingerprint density at radius 2 is 2.06 bits per heavy atom. The number of nitrogens with one attached hydrogen (secondary N) is 1. The maximum atomic E-state index is 11.6. The van der Waals surface area contributed by atoms with E-state index in [1.54, 1.807) is 6.07 Å². The summed E-state index contributed by atoms with van der Waals surface area (Å²) in [6.07, 6.45) is 0. The van der Waals surface area contributed by atoms with E-state index in [4.69, 9.17) is 16.3 Å². The molecule has 0 aliphatic heterocycles. The van der Waals surface area contributed by atoms with Gasteiger partial charge in [0.15, 0.2) is 0 Å². The van der Waals surface area contributed by atoms with Gasteiger partial charge in [0, 0.05) is 10.4 Å². The molecular formula is C14H20ClNO2. The second kappa shape index (κ2) is 6.10. The van der Waals surface area contributed by atoms with Crippen LogP contribution in [0.25, 0.3) is 0 Å². The van der Waals surface area contributed by atoms with Gasteiger partial charge in [0.2, 0.25) is 5.91 Å². The summed E-state index contributed by atoms with van der Waals surface area (Å²) in [6.45, 7) is 8.51. The summed E-state index contributed by atoms with van der Waals surface area (Å²) < 4.78 is 5.53. The average Bonchev–Trinajstić information content (AvgIpc) is 2.27. The molecule has 0 saturated heterocycles. The maximum absolute atomic E-state index is 11.6. The Hall–Kier alpha value is -1.22. The van der Waals surface area contributed by atoms with Gasteiger partial charge in [0.05, 0.1) is 6.54 Å². The molecule has 0 heterocycles. The molecule has 0 radical (unpaired) electrons. The van der Waals surface area contributed by atoms with Crippen molar-refractivity contribution < 1.29 is 9.53 Å². The van der Waals surface area contributed by atoms with Gasteiger partial charge in [-0.1, -0.05) is 32.4 Å². The van der Waals surface area contributed by atoms with E-state index in [9.17, 15) is 4.79 Å². The first kappa shape index (κ1) is 14.8. The third kappa shape index (κ3) is 4.57. The molecule has 0 aromatic heterocycles. The van der Waals surface area contributed by atoms with Crippen molar-refractivity contribution in [2.45, 2.75) is 27.7 Å². The van der Waals surface area contributed by atoms with Crippen LogP contribution in [0.4, 0.5) is 0 Å². The predicted octanol–water partition coefficient (Wildman–Crippen LogP) is 3.19. The number of carbonyl (C=O) groups is 1. The number of carbonyl (C=O) groups excluding carboxylic acids is 1. The van der Waals surface area contributed by atoms with E-state index in [-0.39, 0.29) is 11.3 Å². The zero-order valence-corrected chi connectivity index (χ0v) is 12.1. The third-order valence-electron chi connectivity index (χ3n) is 2.47. The molecule has 0 unspecified atom stereocenters. The van der Waals surface area contributed by atoms with Gasteiger partial charge in [-0.05, 0) is 30.7 Å². The lowest BCUT2D eigenvalue weighted by Gasteiger charge is -2.17. The fourth-order valence-electron chi connectivity index (χ4n) is 1.31. The van der Waals surface area contributed by atoms with Crippen LogP contribution in [0.2, 0.25) is 5.02 Å². The number of hydrogen-bond acceptors (Lipinski definition) is 2. The van der Waals surface area contributed by atoms with E-state index in [1.807, 2.05) is 39.8 Å². The van der Waals surface area contributed by atoms with E-state index in [0.29, 0.717) is 13.2 Å². The number of hydrogen-bond donors (Lipinski definition) is 1. The first-order valence-electron chi connectivity index (χ1n) is 5.98. The molecule has 0 saturated carbocycles. The van der Waals surface area contributed by atoms with E-state index in [0.717, 1.165) is 16.3 Å². The zero-order valence-electron chi connectivity index (χ0n) is 11.3. The van der Waals surface area contributed by atoms with Crippen molar-refractivity contribution in [1.82, 2.24) is 5.32 Å². The largest absolute Gasteiger partial charge is 0.492 e. The maximum Gasteiger partial charge on any atom is 0.225 e. The molecule has 0 bridgehead atoms. The van der Waals surface area contributed by atoms with Crippen molar-refractivity contribution >= 4 is 17.5 Å².